The van der Waals surface area contributed by atoms with E-state index in [9.17, 15) is 0 Å². The molecule has 1 fully saturated rings. The minimum Gasteiger partial charge on any atom is -0.381 e. The van der Waals surface area contributed by atoms with Crippen LogP contribution in [-0.2, 0) is 4.74 Å². The lowest BCUT2D eigenvalue weighted by atomic mass is 10.1. The number of ether oxygens (including phenoxy) is 1. The maximum atomic E-state index is 5.42. The smallest absolute Gasteiger partial charge is 0.0648 e. The van der Waals surface area contributed by atoms with E-state index in [2.05, 4.69) is 11.2 Å². The summed E-state index contributed by atoms with van der Waals surface area (Å²) in [5, 5.41) is 0. The van der Waals surface area contributed by atoms with Gasteiger partial charge in [0, 0.05) is 19.2 Å². The third-order valence-corrected chi connectivity index (χ3v) is 2.98. The fraction of sp³-hybridized carbons (Fsp3) is 0.462. The zero-order valence-electron chi connectivity index (χ0n) is 9.10. The molecular formula is C13H17NO. The number of aliphatic imine (C=N–C) groups is 1. The van der Waals surface area contributed by atoms with Gasteiger partial charge >= 0.3 is 0 Å². The van der Waals surface area contributed by atoms with Crippen molar-refractivity contribution in [1.82, 2.24) is 0 Å². The van der Waals surface area contributed by atoms with Gasteiger partial charge in [-0.15, -0.1) is 0 Å². The number of nitrogens with zero attached hydrogens (tertiary/aromatic N) is 1. The second-order valence-electron chi connectivity index (χ2n) is 3.98. The quantitative estimate of drug-likeness (QED) is 0.691. The summed E-state index contributed by atoms with van der Waals surface area (Å²) in [6.07, 6.45) is 6.05. The fourth-order valence-electron chi connectivity index (χ4n) is 2.11. The zero-order chi connectivity index (χ0) is 10.5. The van der Waals surface area contributed by atoms with Gasteiger partial charge in [0.25, 0.3) is 0 Å². The molecule has 1 aliphatic rings. The molecule has 2 nitrogen and oxygen atoms in total. The molecule has 0 aromatic heterocycles. The highest BCUT2D eigenvalue weighted by Crippen LogP contribution is 2.27. The van der Waals surface area contributed by atoms with Gasteiger partial charge in [-0.25, -0.2) is 0 Å². The average molecular weight is 203 g/mol. The monoisotopic (exact) mass is 203 g/mol. The molecule has 2 atom stereocenters. The fourth-order valence-corrected chi connectivity index (χ4v) is 2.11. The molecule has 1 aromatic carbocycles. The number of methoxy groups -OCH3 is 1. The van der Waals surface area contributed by atoms with Gasteiger partial charge in [-0.2, -0.15) is 0 Å². The predicted molar refractivity (Wildman–Crippen MR) is 62.7 cm³/mol. The second kappa shape index (κ2) is 5.08. The van der Waals surface area contributed by atoms with Gasteiger partial charge in [-0.05, 0) is 25.0 Å². The van der Waals surface area contributed by atoms with Crippen LogP contribution >= 0.6 is 0 Å². The third kappa shape index (κ3) is 2.66. The lowest BCUT2D eigenvalue weighted by molar-refractivity contribution is 0.0927. The summed E-state index contributed by atoms with van der Waals surface area (Å²) in [5.41, 5.74) is 1.03. The van der Waals surface area contributed by atoms with Crippen molar-refractivity contribution in [3.8, 4) is 0 Å². The first kappa shape index (κ1) is 10.4. The first-order chi connectivity index (χ1) is 7.40. The van der Waals surface area contributed by atoms with Crippen LogP contribution in [0, 0.1) is 5.92 Å². The van der Waals surface area contributed by atoms with Crippen LogP contribution in [0.3, 0.4) is 0 Å². The Kier molecular flexibility index (Phi) is 3.51. The summed E-state index contributed by atoms with van der Waals surface area (Å²) in [7, 11) is 1.79. The van der Waals surface area contributed by atoms with E-state index in [1.54, 1.807) is 7.11 Å². The summed E-state index contributed by atoms with van der Waals surface area (Å²) >= 11 is 0. The van der Waals surface area contributed by atoms with E-state index in [-0.39, 0.29) is 0 Å². The standard InChI is InChI=1S/C13H17NO/c1-15-13-9-5-6-11(13)10-14-12-7-3-2-4-8-12/h2-4,7-8,10-11,13H,5-6,9H2,1H3. The van der Waals surface area contributed by atoms with E-state index < -0.39 is 0 Å². The summed E-state index contributed by atoms with van der Waals surface area (Å²) in [5.74, 6) is 0.496. The molecular weight excluding hydrogens is 186 g/mol. The first-order valence-electron chi connectivity index (χ1n) is 5.52. The molecule has 0 spiro atoms. The maximum absolute atomic E-state index is 5.42. The van der Waals surface area contributed by atoms with E-state index in [1.807, 2.05) is 30.3 Å². The highest BCUT2D eigenvalue weighted by atomic mass is 16.5. The number of benzene rings is 1. The van der Waals surface area contributed by atoms with E-state index in [4.69, 9.17) is 4.74 Å². The van der Waals surface area contributed by atoms with Gasteiger partial charge in [0.05, 0.1) is 11.8 Å². The molecule has 0 radical (unpaired) electrons. The molecule has 0 saturated heterocycles. The van der Waals surface area contributed by atoms with Crippen LogP contribution in [0.2, 0.25) is 0 Å². The van der Waals surface area contributed by atoms with Gasteiger partial charge in [-0.1, -0.05) is 24.6 Å². The first-order valence-corrected chi connectivity index (χ1v) is 5.52. The summed E-state index contributed by atoms with van der Waals surface area (Å²) in [6.45, 7) is 0. The number of hydrogen-bond acceptors (Lipinski definition) is 2. The largest absolute Gasteiger partial charge is 0.381 e. The third-order valence-electron chi connectivity index (χ3n) is 2.98. The normalized spacial score (nSPS) is 26.2. The Hall–Kier alpha value is -1.15. The van der Waals surface area contributed by atoms with E-state index in [1.165, 1.54) is 19.3 Å². The van der Waals surface area contributed by atoms with Crippen LogP contribution in [0.4, 0.5) is 5.69 Å². The topological polar surface area (TPSA) is 21.6 Å². The number of para-hydroxylation sites is 1. The van der Waals surface area contributed by atoms with Gasteiger partial charge in [-0.3, -0.25) is 4.99 Å². The van der Waals surface area contributed by atoms with Crippen LogP contribution < -0.4 is 0 Å². The zero-order valence-corrected chi connectivity index (χ0v) is 9.10. The lowest BCUT2D eigenvalue weighted by Gasteiger charge is -2.12. The summed E-state index contributed by atoms with van der Waals surface area (Å²) in [6, 6.07) is 10.1. The molecule has 0 bridgehead atoms. The van der Waals surface area contributed by atoms with Crippen molar-refractivity contribution in [3.05, 3.63) is 30.3 Å². The van der Waals surface area contributed by atoms with Crippen molar-refractivity contribution in [3.63, 3.8) is 0 Å². The minimum absolute atomic E-state index is 0.373. The molecule has 2 heteroatoms. The molecule has 1 aromatic rings. The van der Waals surface area contributed by atoms with Gasteiger partial charge in [0.1, 0.15) is 0 Å². The summed E-state index contributed by atoms with van der Waals surface area (Å²) < 4.78 is 5.42. The minimum atomic E-state index is 0.373. The molecule has 2 rings (SSSR count). The van der Waals surface area contributed by atoms with Gasteiger partial charge < -0.3 is 4.74 Å². The lowest BCUT2D eigenvalue weighted by Crippen LogP contribution is -2.17. The van der Waals surface area contributed by atoms with Crippen molar-refractivity contribution >= 4 is 11.9 Å². The number of rotatable bonds is 3. The second-order valence-corrected chi connectivity index (χ2v) is 3.98. The Balaban J connectivity index is 1.99. The molecule has 0 aliphatic heterocycles. The average Bonchev–Trinajstić information content (AvgIpc) is 2.75. The van der Waals surface area contributed by atoms with E-state index in [0.29, 0.717) is 12.0 Å². The highest BCUT2D eigenvalue weighted by molar-refractivity contribution is 5.66. The van der Waals surface area contributed by atoms with Crippen molar-refractivity contribution < 1.29 is 4.74 Å². The molecule has 80 valence electrons. The summed E-state index contributed by atoms with van der Waals surface area (Å²) in [4.78, 5) is 4.48. The molecule has 0 N–H and O–H groups in total. The SMILES string of the molecule is COC1CCCC1C=Nc1ccccc1. The number of hydrogen-bond donors (Lipinski definition) is 0. The molecule has 1 saturated carbocycles. The molecule has 2 unspecified atom stereocenters. The van der Waals surface area contributed by atoms with Crippen molar-refractivity contribution in [2.45, 2.75) is 25.4 Å². The van der Waals surface area contributed by atoms with Crippen LogP contribution in [0.1, 0.15) is 19.3 Å². The van der Waals surface area contributed by atoms with Crippen molar-refractivity contribution in [2.24, 2.45) is 10.9 Å². The Morgan fingerprint density at radius 1 is 1.27 bits per heavy atom. The van der Waals surface area contributed by atoms with Crippen LogP contribution in [0.25, 0.3) is 0 Å². The van der Waals surface area contributed by atoms with Gasteiger partial charge in [0.15, 0.2) is 0 Å². The van der Waals surface area contributed by atoms with Crippen molar-refractivity contribution in [1.29, 1.82) is 0 Å². The molecule has 15 heavy (non-hydrogen) atoms. The maximum Gasteiger partial charge on any atom is 0.0648 e. The Morgan fingerprint density at radius 2 is 2.07 bits per heavy atom. The van der Waals surface area contributed by atoms with Crippen LogP contribution in [-0.4, -0.2) is 19.4 Å². The van der Waals surface area contributed by atoms with Crippen LogP contribution in [0.5, 0.6) is 0 Å². The molecule has 0 heterocycles. The van der Waals surface area contributed by atoms with E-state index in [0.717, 1.165) is 5.69 Å². The highest BCUT2D eigenvalue weighted by Gasteiger charge is 2.25. The Bertz CT molecular complexity index is 321. The van der Waals surface area contributed by atoms with Crippen molar-refractivity contribution in [2.75, 3.05) is 7.11 Å². The van der Waals surface area contributed by atoms with Gasteiger partial charge in [0.2, 0.25) is 0 Å². The van der Waals surface area contributed by atoms with Crippen LogP contribution in [0.15, 0.2) is 35.3 Å². The molecule has 1 aliphatic carbocycles. The Labute approximate surface area is 91.0 Å². The Morgan fingerprint density at radius 3 is 2.80 bits per heavy atom. The molecule has 0 amide bonds. The van der Waals surface area contributed by atoms with E-state index >= 15 is 0 Å². The predicted octanol–water partition coefficient (Wildman–Crippen LogP) is 3.20.